The van der Waals surface area contributed by atoms with Crippen LogP contribution < -0.4 is 5.73 Å². The van der Waals surface area contributed by atoms with Gasteiger partial charge in [0.1, 0.15) is 0 Å². The van der Waals surface area contributed by atoms with E-state index < -0.39 is 28.3 Å². The van der Waals surface area contributed by atoms with Crippen LogP contribution in [-0.4, -0.2) is 24.8 Å². The minimum Gasteiger partial charge on any atom is -0.330 e. The normalized spacial score (nSPS) is 13.6. The molecule has 0 aromatic heterocycles. The van der Waals surface area contributed by atoms with Crippen molar-refractivity contribution in [2.24, 2.45) is 5.73 Å². The van der Waals surface area contributed by atoms with E-state index in [1.165, 1.54) is 0 Å². The molecule has 0 saturated carbocycles. The van der Waals surface area contributed by atoms with Crippen LogP contribution in [0.2, 0.25) is 0 Å². The molecule has 0 amide bonds. The number of hydrogen-bond donors (Lipinski definition) is 2. The average molecular weight is 175 g/mol. The molecule has 0 aromatic carbocycles. The highest BCUT2D eigenvalue weighted by Crippen LogP contribution is 2.23. The highest BCUT2D eigenvalue weighted by Gasteiger charge is 2.42. The molecule has 0 rings (SSSR count). The highest BCUT2D eigenvalue weighted by atomic mass is 32.2. The number of halogens is 2. The molecule has 0 bridgehead atoms. The highest BCUT2D eigenvalue weighted by molar-refractivity contribution is 7.86. The van der Waals surface area contributed by atoms with Gasteiger partial charge in [-0.3, -0.25) is 4.55 Å². The second-order valence-corrected chi connectivity index (χ2v) is 3.20. The van der Waals surface area contributed by atoms with Gasteiger partial charge in [0.15, 0.2) is 0 Å². The second-order valence-electron chi connectivity index (χ2n) is 1.65. The summed E-state index contributed by atoms with van der Waals surface area (Å²) in [5.74, 6) is 0. The lowest BCUT2D eigenvalue weighted by Gasteiger charge is -2.09. The molecule has 0 unspecified atom stereocenters. The molecule has 0 radical (unpaired) electrons. The van der Waals surface area contributed by atoms with Crippen molar-refractivity contribution in [3.05, 3.63) is 0 Å². The van der Waals surface area contributed by atoms with E-state index in [9.17, 15) is 17.2 Å². The van der Waals surface area contributed by atoms with Gasteiger partial charge >= 0.3 is 15.4 Å². The predicted molar refractivity (Wildman–Crippen MR) is 30.2 cm³/mol. The van der Waals surface area contributed by atoms with Crippen molar-refractivity contribution in [1.82, 2.24) is 0 Å². The van der Waals surface area contributed by atoms with Crippen molar-refractivity contribution < 1.29 is 21.8 Å². The first-order valence-corrected chi connectivity index (χ1v) is 3.80. The van der Waals surface area contributed by atoms with Crippen molar-refractivity contribution in [2.45, 2.75) is 11.7 Å². The summed E-state index contributed by atoms with van der Waals surface area (Å²) in [5.41, 5.74) is 4.66. The zero-order valence-electron chi connectivity index (χ0n) is 4.92. The molecule has 0 aliphatic rings. The second kappa shape index (κ2) is 2.77. The van der Waals surface area contributed by atoms with E-state index >= 15 is 0 Å². The largest absolute Gasteiger partial charge is 0.371 e. The van der Waals surface area contributed by atoms with E-state index in [1.54, 1.807) is 0 Å². The smallest absolute Gasteiger partial charge is 0.330 e. The summed E-state index contributed by atoms with van der Waals surface area (Å²) in [7, 11) is -5.28. The van der Waals surface area contributed by atoms with Gasteiger partial charge in [0.05, 0.1) is 0 Å². The van der Waals surface area contributed by atoms with Crippen molar-refractivity contribution in [2.75, 3.05) is 6.54 Å². The van der Waals surface area contributed by atoms with E-state index in [2.05, 4.69) is 5.73 Å². The Bertz CT molecular complexity index is 200. The first-order chi connectivity index (χ1) is 4.31. The number of alkyl halides is 2. The summed E-state index contributed by atoms with van der Waals surface area (Å²) in [6.07, 6.45) is -1.06. The van der Waals surface area contributed by atoms with Crippen LogP contribution in [0.5, 0.6) is 0 Å². The SMILES string of the molecule is NCCC(F)(F)S(=O)(=O)O. The topological polar surface area (TPSA) is 80.4 Å². The van der Waals surface area contributed by atoms with Gasteiger partial charge in [0.2, 0.25) is 0 Å². The molecule has 0 heterocycles. The van der Waals surface area contributed by atoms with Crippen molar-refractivity contribution >= 4 is 10.1 Å². The van der Waals surface area contributed by atoms with Crippen LogP contribution in [0.15, 0.2) is 0 Å². The Hall–Kier alpha value is -0.270. The molecular weight excluding hydrogens is 168 g/mol. The molecule has 0 atom stereocenters. The van der Waals surface area contributed by atoms with Gasteiger partial charge in [0.25, 0.3) is 0 Å². The molecule has 0 spiro atoms. The fourth-order valence-corrected chi connectivity index (χ4v) is 0.673. The van der Waals surface area contributed by atoms with E-state index in [1.807, 2.05) is 0 Å². The third-order valence-electron chi connectivity index (χ3n) is 0.813. The molecule has 3 N–H and O–H groups in total. The number of hydrogen-bond acceptors (Lipinski definition) is 3. The molecule has 10 heavy (non-hydrogen) atoms. The van der Waals surface area contributed by atoms with Crippen LogP contribution in [0.1, 0.15) is 6.42 Å². The summed E-state index contributed by atoms with van der Waals surface area (Å²) in [6.45, 7) is -0.493. The van der Waals surface area contributed by atoms with Crippen LogP contribution in [0.25, 0.3) is 0 Å². The monoisotopic (exact) mass is 175 g/mol. The molecule has 0 saturated heterocycles. The Morgan fingerprint density at radius 3 is 2.00 bits per heavy atom. The molecular formula is C3H7F2NO3S. The molecule has 4 nitrogen and oxygen atoms in total. The Labute approximate surface area is 56.8 Å². The summed E-state index contributed by atoms with van der Waals surface area (Å²) >= 11 is 0. The lowest BCUT2D eigenvalue weighted by molar-refractivity contribution is 0.0740. The first-order valence-electron chi connectivity index (χ1n) is 2.36. The number of nitrogens with two attached hydrogens (primary N) is 1. The summed E-state index contributed by atoms with van der Waals surface area (Å²) in [6, 6.07) is 0. The lowest BCUT2D eigenvalue weighted by atomic mass is 10.4. The Kier molecular flexibility index (Phi) is 2.69. The van der Waals surface area contributed by atoms with Crippen LogP contribution in [0.4, 0.5) is 8.78 Å². The van der Waals surface area contributed by atoms with E-state index in [0.717, 1.165) is 0 Å². The van der Waals surface area contributed by atoms with Gasteiger partial charge in [-0.2, -0.15) is 17.2 Å². The quantitative estimate of drug-likeness (QED) is 0.583. The molecule has 62 valence electrons. The number of rotatable bonds is 3. The molecule has 7 heteroatoms. The Morgan fingerprint density at radius 2 is 1.90 bits per heavy atom. The zero-order valence-corrected chi connectivity index (χ0v) is 5.74. The molecule has 0 fully saturated rings. The maximum absolute atomic E-state index is 12.0. The third-order valence-corrected chi connectivity index (χ3v) is 1.77. The Morgan fingerprint density at radius 1 is 1.50 bits per heavy atom. The van der Waals surface area contributed by atoms with Crippen LogP contribution in [-0.2, 0) is 10.1 Å². The van der Waals surface area contributed by atoms with Crippen molar-refractivity contribution in [1.29, 1.82) is 0 Å². The molecule has 0 aromatic rings. The van der Waals surface area contributed by atoms with E-state index in [0.29, 0.717) is 0 Å². The standard InChI is InChI=1S/C3H7F2NO3S/c4-3(5,1-2-6)10(7,8)9/h1-2,6H2,(H,7,8,9). The van der Waals surface area contributed by atoms with Crippen LogP contribution >= 0.6 is 0 Å². The van der Waals surface area contributed by atoms with Gasteiger partial charge in [-0.1, -0.05) is 0 Å². The maximum Gasteiger partial charge on any atom is 0.371 e. The first kappa shape index (κ1) is 9.73. The fraction of sp³-hybridized carbons (Fsp3) is 1.00. The fourth-order valence-electron chi connectivity index (χ4n) is 0.297. The summed E-state index contributed by atoms with van der Waals surface area (Å²) in [5, 5.41) is -4.11. The minimum absolute atomic E-state index is 0.493. The van der Waals surface area contributed by atoms with Crippen LogP contribution in [0.3, 0.4) is 0 Å². The summed E-state index contributed by atoms with van der Waals surface area (Å²) < 4.78 is 51.5. The van der Waals surface area contributed by atoms with Gasteiger partial charge in [0, 0.05) is 6.42 Å². The predicted octanol–water partition coefficient (Wildman–Crippen LogP) is -0.184. The minimum atomic E-state index is -5.28. The zero-order chi connectivity index (χ0) is 8.41. The maximum atomic E-state index is 12.0. The van der Waals surface area contributed by atoms with E-state index in [-0.39, 0.29) is 0 Å². The van der Waals surface area contributed by atoms with Gasteiger partial charge in [-0.15, -0.1) is 0 Å². The Balaban J connectivity index is 4.42. The van der Waals surface area contributed by atoms with Gasteiger partial charge < -0.3 is 5.73 Å². The van der Waals surface area contributed by atoms with E-state index in [4.69, 9.17) is 4.55 Å². The van der Waals surface area contributed by atoms with Crippen molar-refractivity contribution in [3.63, 3.8) is 0 Å². The molecule has 0 aliphatic heterocycles. The molecule has 0 aliphatic carbocycles. The van der Waals surface area contributed by atoms with Crippen LogP contribution in [0, 0.1) is 0 Å². The lowest BCUT2D eigenvalue weighted by Crippen LogP contribution is -2.30. The van der Waals surface area contributed by atoms with Gasteiger partial charge in [-0.25, -0.2) is 0 Å². The van der Waals surface area contributed by atoms with Crippen molar-refractivity contribution in [3.8, 4) is 0 Å². The summed E-state index contributed by atoms with van der Waals surface area (Å²) in [4.78, 5) is 0. The van der Waals surface area contributed by atoms with Gasteiger partial charge in [-0.05, 0) is 6.54 Å². The average Bonchev–Trinajstić information content (AvgIpc) is 1.61. The third kappa shape index (κ3) is 2.16.